The van der Waals surface area contributed by atoms with Crippen molar-refractivity contribution in [3.63, 3.8) is 0 Å². The third-order valence-corrected chi connectivity index (χ3v) is 5.89. The van der Waals surface area contributed by atoms with Crippen LogP contribution in [0.2, 0.25) is 0 Å². The molecule has 2 bridgehead atoms. The summed E-state index contributed by atoms with van der Waals surface area (Å²) in [6, 6.07) is 2.05. The second-order valence-corrected chi connectivity index (χ2v) is 7.68. The molecule has 0 aromatic heterocycles. The molecule has 0 saturated heterocycles. The van der Waals surface area contributed by atoms with Gasteiger partial charge in [-0.15, -0.1) is 0 Å². The number of rotatable bonds is 7. The van der Waals surface area contributed by atoms with Crippen LogP contribution in [0.4, 0.5) is 8.78 Å². The summed E-state index contributed by atoms with van der Waals surface area (Å²) < 4.78 is 32.3. The van der Waals surface area contributed by atoms with Crippen LogP contribution < -0.4 is 0 Å². The summed E-state index contributed by atoms with van der Waals surface area (Å²) in [6.45, 7) is 1.61. The number of ether oxygens (including phenoxy) is 1. The van der Waals surface area contributed by atoms with E-state index in [9.17, 15) is 18.4 Å². The molecule has 0 amide bonds. The van der Waals surface area contributed by atoms with Crippen molar-refractivity contribution in [2.24, 2.45) is 10.5 Å². The third-order valence-electron chi connectivity index (χ3n) is 5.89. The number of Topliss-reactive ketones (excluding diaryl/α,β-unsaturated/α-hetero) is 1. The summed E-state index contributed by atoms with van der Waals surface area (Å²) in [7, 11) is 0. The molecule has 1 aromatic rings. The molecule has 0 spiro atoms. The SMILES string of the molecule is CC(N=N)C(=O)CCC12CCC(OC(=O)c3cc(F)cc(F)c3)(CC1)C2. The van der Waals surface area contributed by atoms with Gasteiger partial charge in [0.15, 0.2) is 5.78 Å². The summed E-state index contributed by atoms with van der Waals surface area (Å²) >= 11 is 0. The van der Waals surface area contributed by atoms with Crippen LogP contribution in [-0.4, -0.2) is 23.4 Å². The van der Waals surface area contributed by atoms with Crippen LogP contribution >= 0.6 is 0 Å². The number of carbonyl (C=O) groups excluding carboxylic acids is 2. The van der Waals surface area contributed by atoms with Crippen molar-refractivity contribution < 1.29 is 23.1 Å². The Morgan fingerprint density at radius 1 is 1.19 bits per heavy atom. The van der Waals surface area contributed by atoms with E-state index in [0.29, 0.717) is 38.2 Å². The molecule has 2 aliphatic carbocycles. The summed E-state index contributed by atoms with van der Waals surface area (Å²) in [5, 5.41) is 3.26. The average Bonchev–Trinajstić information content (AvgIpc) is 3.14. The zero-order valence-electron chi connectivity index (χ0n) is 14.7. The van der Waals surface area contributed by atoms with E-state index in [4.69, 9.17) is 10.3 Å². The van der Waals surface area contributed by atoms with Gasteiger partial charge < -0.3 is 4.74 Å². The molecule has 2 fully saturated rings. The lowest BCUT2D eigenvalue weighted by Crippen LogP contribution is -2.30. The molecule has 0 heterocycles. The molecule has 1 atom stereocenters. The lowest BCUT2D eigenvalue weighted by Gasteiger charge is -2.27. The zero-order valence-corrected chi connectivity index (χ0v) is 14.7. The molecular formula is C19H22F2N2O3. The first kappa shape index (κ1) is 18.6. The normalized spacial score (nSPS) is 28.0. The van der Waals surface area contributed by atoms with Crippen molar-refractivity contribution in [1.29, 1.82) is 5.53 Å². The minimum Gasteiger partial charge on any atom is -0.455 e. The molecule has 2 aliphatic rings. The second-order valence-electron chi connectivity index (χ2n) is 7.68. The van der Waals surface area contributed by atoms with Gasteiger partial charge >= 0.3 is 5.97 Å². The van der Waals surface area contributed by atoms with Crippen molar-refractivity contribution in [2.45, 2.75) is 63.5 Å². The predicted octanol–water partition coefficient (Wildman–Crippen LogP) is 4.59. The smallest absolute Gasteiger partial charge is 0.338 e. The Morgan fingerprint density at radius 2 is 1.81 bits per heavy atom. The fourth-order valence-electron chi connectivity index (χ4n) is 4.35. The Labute approximate surface area is 150 Å². The molecule has 3 rings (SSSR count). The summed E-state index contributed by atoms with van der Waals surface area (Å²) in [5.41, 5.74) is 6.18. The van der Waals surface area contributed by atoms with E-state index in [1.807, 2.05) is 0 Å². The minimum atomic E-state index is -0.811. The van der Waals surface area contributed by atoms with Gasteiger partial charge in [-0.3, -0.25) is 4.79 Å². The van der Waals surface area contributed by atoms with E-state index in [1.165, 1.54) is 0 Å². The van der Waals surface area contributed by atoms with E-state index in [0.717, 1.165) is 25.0 Å². The fraction of sp³-hybridized carbons (Fsp3) is 0.579. The average molecular weight is 364 g/mol. The van der Waals surface area contributed by atoms with E-state index < -0.39 is 29.2 Å². The maximum Gasteiger partial charge on any atom is 0.338 e. The van der Waals surface area contributed by atoms with Crippen LogP contribution in [0.5, 0.6) is 0 Å². The highest BCUT2D eigenvalue weighted by Gasteiger charge is 2.56. The van der Waals surface area contributed by atoms with Gasteiger partial charge in [-0.25, -0.2) is 19.1 Å². The highest BCUT2D eigenvalue weighted by Crippen LogP contribution is 2.60. The molecule has 0 aliphatic heterocycles. The van der Waals surface area contributed by atoms with Gasteiger partial charge in [-0.05, 0) is 63.0 Å². The van der Waals surface area contributed by atoms with Crippen LogP contribution in [0.25, 0.3) is 0 Å². The third kappa shape index (κ3) is 3.66. The van der Waals surface area contributed by atoms with Crippen LogP contribution in [0.3, 0.4) is 0 Å². The first-order chi connectivity index (χ1) is 12.3. The standard InChI is InChI=1S/C19H22F2N2O3/c1-12(23-22)16(24)2-3-18-4-6-19(11-18,7-5-18)26-17(25)13-8-14(20)10-15(21)9-13/h8-10,12,22H,2-7,11H2,1H3. The van der Waals surface area contributed by atoms with Gasteiger partial charge in [-0.2, -0.15) is 5.11 Å². The number of hydrogen-bond donors (Lipinski definition) is 1. The van der Waals surface area contributed by atoms with Crippen molar-refractivity contribution in [1.82, 2.24) is 0 Å². The molecule has 26 heavy (non-hydrogen) atoms. The highest BCUT2D eigenvalue weighted by atomic mass is 19.1. The minimum absolute atomic E-state index is 0.0368. The number of fused-ring (bicyclic) bond motifs is 2. The van der Waals surface area contributed by atoms with Gasteiger partial charge in [0, 0.05) is 12.5 Å². The number of halogens is 2. The van der Waals surface area contributed by atoms with Crippen LogP contribution in [0.1, 0.15) is 62.2 Å². The quantitative estimate of drug-likeness (QED) is 0.567. The lowest BCUT2D eigenvalue weighted by molar-refractivity contribution is -0.120. The van der Waals surface area contributed by atoms with Crippen molar-refractivity contribution >= 4 is 11.8 Å². The summed E-state index contributed by atoms with van der Waals surface area (Å²) in [4.78, 5) is 24.3. The van der Waals surface area contributed by atoms with Gasteiger partial charge in [0.2, 0.25) is 0 Å². The first-order valence-electron chi connectivity index (χ1n) is 8.85. The van der Waals surface area contributed by atoms with Crippen molar-refractivity contribution in [2.75, 3.05) is 0 Å². The Hall–Kier alpha value is -2.18. The predicted molar refractivity (Wildman–Crippen MR) is 88.9 cm³/mol. The van der Waals surface area contributed by atoms with E-state index in [-0.39, 0.29) is 16.8 Å². The number of carbonyl (C=O) groups is 2. The fourth-order valence-corrected chi connectivity index (χ4v) is 4.35. The lowest BCUT2D eigenvalue weighted by atomic mass is 9.79. The van der Waals surface area contributed by atoms with Crippen LogP contribution in [0.15, 0.2) is 23.3 Å². The second kappa shape index (κ2) is 6.85. The topological polar surface area (TPSA) is 79.6 Å². The Morgan fingerprint density at radius 3 is 2.38 bits per heavy atom. The van der Waals surface area contributed by atoms with Gasteiger partial charge in [0.1, 0.15) is 23.3 Å². The number of ketones is 1. The Bertz CT molecular complexity index is 722. The van der Waals surface area contributed by atoms with E-state index in [2.05, 4.69) is 5.11 Å². The number of hydrogen-bond acceptors (Lipinski definition) is 5. The molecule has 7 heteroatoms. The maximum absolute atomic E-state index is 13.3. The summed E-state index contributed by atoms with van der Waals surface area (Å²) in [6.07, 6.45) is 4.84. The zero-order chi connectivity index (χ0) is 18.9. The molecule has 2 saturated carbocycles. The van der Waals surface area contributed by atoms with Crippen LogP contribution in [0, 0.1) is 22.6 Å². The molecule has 1 N–H and O–H groups in total. The first-order valence-corrected chi connectivity index (χ1v) is 8.85. The monoisotopic (exact) mass is 364 g/mol. The molecule has 1 aromatic carbocycles. The number of esters is 1. The van der Waals surface area contributed by atoms with Gasteiger partial charge in [0.25, 0.3) is 0 Å². The van der Waals surface area contributed by atoms with Crippen molar-refractivity contribution in [3.8, 4) is 0 Å². The summed E-state index contributed by atoms with van der Waals surface area (Å²) in [5.74, 6) is -2.38. The maximum atomic E-state index is 13.3. The molecule has 140 valence electrons. The number of nitrogens with zero attached hydrogens (tertiary/aromatic N) is 1. The highest BCUT2D eigenvalue weighted by molar-refractivity contribution is 5.89. The number of benzene rings is 1. The Kier molecular flexibility index (Phi) is 4.90. The van der Waals surface area contributed by atoms with Crippen LogP contribution in [-0.2, 0) is 9.53 Å². The largest absolute Gasteiger partial charge is 0.455 e. The van der Waals surface area contributed by atoms with Gasteiger partial charge in [0.05, 0.1) is 5.56 Å². The van der Waals surface area contributed by atoms with Gasteiger partial charge in [-0.1, -0.05) is 0 Å². The molecule has 5 nitrogen and oxygen atoms in total. The van der Waals surface area contributed by atoms with E-state index >= 15 is 0 Å². The molecule has 1 unspecified atom stereocenters. The Balaban J connectivity index is 1.63. The molecule has 0 radical (unpaired) electrons. The van der Waals surface area contributed by atoms with E-state index in [1.54, 1.807) is 6.92 Å². The van der Waals surface area contributed by atoms with Crippen molar-refractivity contribution in [3.05, 3.63) is 35.4 Å². The number of nitrogens with one attached hydrogen (secondary N) is 1. The molecular weight excluding hydrogens is 342 g/mol.